The Kier molecular flexibility index (Phi) is 6.13. The summed E-state index contributed by atoms with van der Waals surface area (Å²) in [5, 5.41) is 0. The number of sulfonamides is 1. The van der Waals surface area contributed by atoms with Gasteiger partial charge < -0.3 is 13.9 Å². The minimum atomic E-state index is -3.78. The SMILES string of the molecule is CCOc1ccc(F)cc1C(=O)Cn1c(=O)oc2cc(S(=O)(=O)N3CCOCC3)ccc21. The van der Waals surface area contributed by atoms with Gasteiger partial charge in [-0.25, -0.2) is 17.6 Å². The highest BCUT2D eigenvalue weighted by Crippen LogP contribution is 2.24. The summed E-state index contributed by atoms with van der Waals surface area (Å²) >= 11 is 0. The molecule has 1 aromatic heterocycles. The van der Waals surface area contributed by atoms with Gasteiger partial charge in [0.1, 0.15) is 11.6 Å². The molecule has 1 saturated heterocycles. The Morgan fingerprint density at radius 1 is 1.16 bits per heavy atom. The predicted molar refractivity (Wildman–Crippen MR) is 112 cm³/mol. The molecule has 0 atom stereocenters. The molecule has 0 N–H and O–H groups in total. The van der Waals surface area contributed by atoms with Crippen LogP contribution < -0.4 is 10.5 Å². The molecule has 0 spiro atoms. The molecule has 0 saturated carbocycles. The van der Waals surface area contributed by atoms with Crippen LogP contribution in [0.25, 0.3) is 11.1 Å². The molecule has 4 rings (SSSR count). The van der Waals surface area contributed by atoms with Crippen LogP contribution in [-0.2, 0) is 21.3 Å². The standard InChI is InChI=1S/C21H21FN2O7S/c1-2-30-19-6-3-14(22)11-16(19)18(25)13-24-17-5-4-15(12-20(17)31-21(24)26)32(27,28)23-7-9-29-10-8-23/h3-6,11-12H,2,7-10,13H2,1H3. The number of ketones is 1. The molecule has 1 aliphatic heterocycles. The summed E-state index contributed by atoms with van der Waals surface area (Å²) < 4.78 is 57.6. The molecule has 2 aromatic carbocycles. The third-order valence-electron chi connectivity index (χ3n) is 5.09. The van der Waals surface area contributed by atoms with Gasteiger partial charge in [-0.05, 0) is 37.3 Å². The normalized spacial score (nSPS) is 15.2. The van der Waals surface area contributed by atoms with E-state index in [1.165, 1.54) is 34.6 Å². The van der Waals surface area contributed by atoms with E-state index in [-0.39, 0.29) is 47.0 Å². The summed E-state index contributed by atoms with van der Waals surface area (Å²) in [6.07, 6.45) is 0. The van der Waals surface area contributed by atoms with Gasteiger partial charge in [-0.2, -0.15) is 4.31 Å². The molecule has 11 heteroatoms. The summed E-state index contributed by atoms with van der Waals surface area (Å²) in [5.74, 6) is -1.79. The lowest BCUT2D eigenvalue weighted by atomic mass is 10.1. The van der Waals surface area contributed by atoms with Crippen LogP contribution in [0.2, 0.25) is 0 Å². The van der Waals surface area contributed by atoms with E-state index < -0.39 is 33.9 Å². The number of fused-ring (bicyclic) bond motifs is 1. The molecule has 1 fully saturated rings. The van der Waals surface area contributed by atoms with Crippen molar-refractivity contribution in [2.75, 3.05) is 32.9 Å². The van der Waals surface area contributed by atoms with Gasteiger partial charge in [-0.3, -0.25) is 9.36 Å². The quantitative estimate of drug-likeness (QED) is 0.493. The van der Waals surface area contributed by atoms with E-state index in [1.54, 1.807) is 6.92 Å². The van der Waals surface area contributed by atoms with E-state index in [9.17, 15) is 22.4 Å². The second-order valence-electron chi connectivity index (χ2n) is 7.10. The molecule has 0 amide bonds. The van der Waals surface area contributed by atoms with Crippen molar-refractivity contribution >= 4 is 26.9 Å². The fraction of sp³-hybridized carbons (Fsp3) is 0.333. The highest BCUT2D eigenvalue weighted by atomic mass is 32.2. The van der Waals surface area contributed by atoms with Crippen LogP contribution >= 0.6 is 0 Å². The van der Waals surface area contributed by atoms with Crippen LogP contribution in [0.15, 0.2) is 50.5 Å². The van der Waals surface area contributed by atoms with Crippen LogP contribution in [0.5, 0.6) is 5.75 Å². The molecular weight excluding hydrogens is 443 g/mol. The predicted octanol–water partition coefficient (Wildman–Crippen LogP) is 2.04. The van der Waals surface area contributed by atoms with Crippen LogP contribution in [0.1, 0.15) is 17.3 Å². The van der Waals surface area contributed by atoms with E-state index in [0.717, 1.165) is 10.6 Å². The topological polar surface area (TPSA) is 108 Å². The molecule has 0 aliphatic carbocycles. The molecule has 1 aliphatic rings. The molecular formula is C21H21FN2O7S. The minimum Gasteiger partial charge on any atom is -0.493 e. The largest absolute Gasteiger partial charge is 0.493 e. The highest BCUT2D eigenvalue weighted by Gasteiger charge is 2.27. The molecule has 9 nitrogen and oxygen atoms in total. The van der Waals surface area contributed by atoms with Gasteiger partial charge in [0, 0.05) is 19.2 Å². The van der Waals surface area contributed by atoms with Crippen molar-refractivity contribution in [3.8, 4) is 5.75 Å². The lowest BCUT2D eigenvalue weighted by Gasteiger charge is -2.25. The smallest absolute Gasteiger partial charge is 0.420 e. The lowest BCUT2D eigenvalue weighted by molar-refractivity contribution is 0.0730. The van der Waals surface area contributed by atoms with E-state index in [1.807, 2.05) is 0 Å². The number of Topliss-reactive ketones (excluding diaryl/α,β-unsaturated/α-hetero) is 1. The van der Waals surface area contributed by atoms with Crippen molar-refractivity contribution in [1.29, 1.82) is 0 Å². The number of aromatic nitrogens is 1. The van der Waals surface area contributed by atoms with E-state index in [0.29, 0.717) is 13.2 Å². The third-order valence-corrected chi connectivity index (χ3v) is 6.99. The summed E-state index contributed by atoms with van der Waals surface area (Å²) in [5.41, 5.74) is 0.277. The number of hydrogen-bond acceptors (Lipinski definition) is 7. The van der Waals surface area contributed by atoms with Gasteiger partial charge in [0.25, 0.3) is 0 Å². The van der Waals surface area contributed by atoms with Gasteiger partial charge in [0.05, 0.1) is 42.3 Å². The number of carbonyl (C=O) groups is 1. The first kappa shape index (κ1) is 22.2. The molecule has 0 unspecified atom stereocenters. The van der Waals surface area contributed by atoms with Crippen molar-refractivity contribution in [2.24, 2.45) is 0 Å². The van der Waals surface area contributed by atoms with E-state index in [4.69, 9.17) is 13.9 Å². The zero-order chi connectivity index (χ0) is 22.9. The van der Waals surface area contributed by atoms with Crippen molar-refractivity contribution in [1.82, 2.24) is 8.87 Å². The number of benzene rings is 2. The Bertz CT molecular complexity index is 1320. The van der Waals surface area contributed by atoms with Crippen molar-refractivity contribution < 1.29 is 31.5 Å². The number of carbonyl (C=O) groups excluding carboxylic acids is 1. The van der Waals surface area contributed by atoms with Gasteiger partial charge in [-0.1, -0.05) is 0 Å². The third kappa shape index (κ3) is 4.18. The second-order valence-corrected chi connectivity index (χ2v) is 9.03. The molecule has 32 heavy (non-hydrogen) atoms. The van der Waals surface area contributed by atoms with Gasteiger partial charge in [-0.15, -0.1) is 0 Å². The number of morpholine rings is 1. The van der Waals surface area contributed by atoms with Crippen LogP contribution in [0, 0.1) is 5.82 Å². The van der Waals surface area contributed by atoms with Crippen molar-refractivity contribution in [3.63, 3.8) is 0 Å². The number of halogens is 1. The fourth-order valence-electron chi connectivity index (χ4n) is 3.52. The average Bonchev–Trinajstić information content (AvgIpc) is 3.10. The number of oxazole rings is 1. The fourth-order valence-corrected chi connectivity index (χ4v) is 4.95. The van der Waals surface area contributed by atoms with Gasteiger partial charge in [0.2, 0.25) is 10.0 Å². The number of ether oxygens (including phenoxy) is 2. The molecule has 3 aromatic rings. The molecule has 0 bridgehead atoms. The van der Waals surface area contributed by atoms with Gasteiger partial charge in [0.15, 0.2) is 11.4 Å². The van der Waals surface area contributed by atoms with E-state index >= 15 is 0 Å². The first-order valence-electron chi connectivity index (χ1n) is 9.98. The van der Waals surface area contributed by atoms with Gasteiger partial charge >= 0.3 is 5.76 Å². The zero-order valence-corrected chi connectivity index (χ0v) is 18.1. The summed E-state index contributed by atoms with van der Waals surface area (Å²) in [4.78, 5) is 25.2. The second kappa shape index (κ2) is 8.85. The van der Waals surface area contributed by atoms with Crippen molar-refractivity contribution in [2.45, 2.75) is 18.4 Å². The molecule has 0 radical (unpaired) electrons. The monoisotopic (exact) mass is 464 g/mol. The Morgan fingerprint density at radius 2 is 1.91 bits per heavy atom. The maximum Gasteiger partial charge on any atom is 0.420 e. The average molecular weight is 464 g/mol. The lowest BCUT2D eigenvalue weighted by Crippen LogP contribution is -2.40. The minimum absolute atomic E-state index is 0.000356. The first-order chi connectivity index (χ1) is 15.3. The Labute approximate surface area is 183 Å². The van der Waals surface area contributed by atoms with Crippen LogP contribution in [0.3, 0.4) is 0 Å². The maximum absolute atomic E-state index is 13.7. The zero-order valence-electron chi connectivity index (χ0n) is 17.2. The number of nitrogens with zero attached hydrogens (tertiary/aromatic N) is 2. The Hall–Kier alpha value is -3.02. The van der Waals surface area contributed by atoms with Crippen LogP contribution in [0.4, 0.5) is 4.39 Å². The molecule has 170 valence electrons. The number of hydrogen-bond donors (Lipinski definition) is 0. The van der Waals surface area contributed by atoms with Crippen molar-refractivity contribution in [3.05, 3.63) is 58.3 Å². The summed E-state index contributed by atoms with van der Waals surface area (Å²) in [7, 11) is -3.78. The molecule has 2 heterocycles. The maximum atomic E-state index is 13.7. The van der Waals surface area contributed by atoms with Crippen LogP contribution in [-0.4, -0.2) is 56.0 Å². The summed E-state index contributed by atoms with van der Waals surface area (Å²) in [6.45, 7) is 2.66. The number of rotatable bonds is 7. The Morgan fingerprint density at radius 3 is 2.62 bits per heavy atom. The van der Waals surface area contributed by atoms with E-state index in [2.05, 4.69) is 0 Å². The highest BCUT2D eigenvalue weighted by molar-refractivity contribution is 7.89. The first-order valence-corrected chi connectivity index (χ1v) is 11.4. The summed E-state index contributed by atoms with van der Waals surface area (Å²) in [6, 6.07) is 7.61. The Balaban J connectivity index is 1.67.